The molecule has 2 aromatic heterocycles. The molecule has 0 N–H and O–H groups in total. The van der Waals surface area contributed by atoms with Crippen LogP contribution in [0.3, 0.4) is 0 Å². The maximum atomic E-state index is 5.35. The molecule has 6 aromatic carbocycles. The fraction of sp³-hybridized carbons (Fsp3) is 0.0204. The molecule has 0 spiro atoms. The molecule has 0 aliphatic carbocycles. The van der Waals surface area contributed by atoms with E-state index in [0.29, 0.717) is 0 Å². The number of pyridine rings is 2. The van der Waals surface area contributed by atoms with E-state index in [-0.39, 0.29) is 0 Å². The van der Waals surface area contributed by atoms with Crippen molar-refractivity contribution >= 4 is 51.0 Å². The number of nitrogens with zero attached hydrogens (tertiary/aromatic N) is 2. The molecule has 0 saturated carbocycles. The number of allylic oxidation sites excluding steroid dienone is 5. The van der Waals surface area contributed by atoms with Crippen molar-refractivity contribution in [1.29, 1.82) is 0 Å². The number of benzene rings is 6. The van der Waals surface area contributed by atoms with E-state index >= 15 is 0 Å². The zero-order valence-electron chi connectivity index (χ0n) is 29.0. The molecule has 2 nitrogen and oxygen atoms in total. The first kappa shape index (κ1) is 31.6. The van der Waals surface area contributed by atoms with Crippen LogP contribution < -0.4 is 15.6 Å². The van der Waals surface area contributed by atoms with E-state index in [9.17, 15) is 0 Å². The van der Waals surface area contributed by atoms with Crippen LogP contribution in [0.15, 0.2) is 200 Å². The van der Waals surface area contributed by atoms with Gasteiger partial charge in [0.25, 0.3) is 0 Å². The number of hydrogen-bond acceptors (Lipinski definition) is 2. The third-order valence-electron chi connectivity index (χ3n) is 10.5. The molecular weight excluding hydrogens is 645 g/mol. The van der Waals surface area contributed by atoms with Crippen molar-refractivity contribution in [2.45, 2.75) is 6.92 Å². The Bertz CT molecular complexity index is 2650. The van der Waals surface area contributed by atoms with Gasteiger partial charge in [0.1, 0.15) is 0 Å². The van der Waals surface area contributed by atoms with Gasteiger partial charge in [-0.2, -0.15) is 0 Å². The Morgan fingerprint density at radius 3 is 1.65 bits per heavy atom. The lowest BCUT2D eigenvalue weighted by Gasteiger charge is -2.32. The predicted molar refractivity (Wildman–Crippen MR) is 223 cm³/mol. The predicted octanol–water partition coefficient (Wildman–Crippen LogP) is 10.3. The third kappa shape index (κ3) is 5.01. The highest BCUT2D eigenvalue weighted by molar-refractivity contribution is 7.18. The van der Waals surface area contributed by atoms with Crippen LogP contribution in [0.4, 0.5) is 0 Å². The molecule has 0 fully saturated rings. The van der Waals surface area contributed by atoms with E-state index in [2.05, 4.69) is 196 Å². The first-order valence-corrected chi connectivity index (χ1v) is 19.8. The van der Waals surface area contributed by atoms with Gasteiger partial charge in [0.2, 0.25) is 0 Å². The number of aromatic nitrogens is 2. The minimum Gasteiger partial charge on any atom is -0.245 e. The number of rotatable bonds is 7. The zero-order chi connectivity index (χ0) is 35.1. The molecule has 1 aliphatic heterocycles. The Labute approximate surface area is 305 Å². The summed E-state index contributed by atoms with van der Waals surface area (Å²) in [5.74, 6) is 0. The Hall–Kier alpha value is -6.42. The van der Waals surface area contributed by atoms with E-state index < -0.39 is 8.07 Å². The van der Waals surface area contributed by atoms with E-state index in [1.807, 2.05) is 6.07 Å². The van der Waals surface area contributed by atoms with E-state index in [0.717, 1.165) is 55.4 Å². The van der Waals surface area contributed by atoms with Gasteiger partial charge in [0.05, 0.1) is 22.4 Å². The van der Waals surface area contributed by atoms with E-state index in [1.54, 1.807) is 0 Å². The third-order valence-corrected chi connectivity index (χ3v) is 15.4. The maximum absolute atomic E-state index is 5.35. The van der Waals surface area contributed by atoms with Gasteiger partial charge < -0.3 is 0 Å². The molecule has 246 valence electrons. The molecular formula is C49H36N2Si. The highest BCUT2D eigenvalue weighted by Gasteiger charge is 2.48. The average Bonchev–Trinajstić information content (AvgIpc) is 3.50. The van der Waals surface area contributed by atoms with Crippen molar-refractivity contribution in [3.63, 3.8) is 0 Å². The Balaban J connectivity index is 1.23. The first-order chi connectivity index (χ1) is 25.7. The van der Waals surface area contributed by atoms with Crippen molar-refractivity contribution in [2.24, 2.45) is 0 Å². The van der Waals surface area contributed by atoms with Crippen LogP contribution in [-0.2, 0) is 0 Å². The summed E-state index contributed by atoms with van der Waals surface area (Å²) in [5, 5.41) is 7.60. The zero-order valence-corrected chi connectivity index (χ0v) is 30.0. The second-order valence-electron chi connectivity index (χ2n) is 13.3. The summed E-state index contributed by atoms with van der Waals surface area (Å²) in [6.07, 6.45) is 6.55. The minimum atomic E-state index is -2.63. The summed E-state index contributed by atoms with van der Waals surface area (Å²) in [7, 11) is -2.63. The molecule has 0 amide bonds. The standard InChI is InChI=1S/C49H36N2Si/c1-3-16-42-43-33-37(29-32-47(43)52(46(42)4-2,38-19-10-6-11-20-38)39-21-12-7-13-22-39)40-23-14-15-24-41(40)45-31-28-36-26-25-35-27-30-44(34-17-8-5-9-18-34)50-48(35)49(36)51-45/h3-33H,2H2,1H3/b16-3-. The van der Waals surface area contributed by atoms with Crippen LogP contribution in [0.2, 0.25) is 0 Å². The molecule has 0 atom stereocenters. The second-order valence-corrected chi connectivity index (χ2v) is 17.0. The number of fused-ring (bicyclic) bond motifs is 4. The maximum Gasteiger partial charge on any atom is 0.180 e. The lowest BCUT2D eigenvalue weighted by molar-refractivity contribution is 1.36. The van der Waals surface area contributed by atoms with Crippen molar-refractivity contribution < 1.29 is 0 Å². The first-order valence-electron chi connectivity index (χ1n) is 17.8. The molecule has 0 radical (unpaired) electrons. The summed E-state index contributed by atoms with van der Waals surface area (Å²) >= 11 is 0. The largest absolute Gasteiger partial charge is 0.245 e. The van der Waals surface area contributed by atoms with Crippen LogP contribution in [-0.4, -0.2) is 18.0 Å². The molecule has 3 heterocycles. The number of hydrogen-bond donors (Lipinski definition) is 0. The molecule has 3 heteroatoms. The minimum absolute atomic E-state index is 0.909. The fourth-order valence-electron chi connectivity index (χ4n) is 8.17. The molecule has 8 aromatic rings. The van der Waals surface area contributed by atoms with Crippen molar-refractivity contribution in [3.8, 4) is 33.6 Å². The van der Waals surface area contributed by atoms with Crippen LogP contribution in [0, 0.1) is 0 Å². The second kappa shape index (κ2) is 13.0. The van der Waals surface area contributed by atoms with Crippen molar-refractivity contribution in [3.05, 3.63) is 205 Å². The Morgan fingerprint density at radius 2 is 1.04 bits per heavy atom. The van der Waals surface area contributed by atoms with Gasteiger partial charge >= 0.3 is 0 Å². The molecule has 1 aliphatic rings. The lowest BCUT2D eigenvalue weighted by Crippen LogP contribution is -2.67. The molecule has 52 heavy (non-hydrogen) atoms. The van der Waals surface area contributed by atoms with Crippen LogP contribution in [0.25, 0.3) is 61.0 Å². The van der Waals surface area contributed by atoms with Gasteiger partial charge in [-0.05, 0) is 68.1 Å². The lowest BCUT2D eigenvalue weighted by atomic mass is 9.94. The van der Waals surface area contributed by atoms with Gasteiger partial charge in [-0.1, -0.05) is 176 Å². The normalized spacial score (nSPS) is 13.6. The van der Waals surface area contributed by atoms with Crippen LogP contribution in [0.1, 0.15) is 12.5 Å². The highest BCUT2D eigenvalue weighted by Crippen LogP contribution is 2.39. The summed E-state index contributed by atoms with van der Waals surface area (Å²) in [6.45, 7) is 6.54. The van der Waals surface area contributed by atoms with Crippen LogP contribution >= 0.6 is 0 Å². The summed E-state index contributed by atoms with van der Waals surface area (Å²) in [4.78, 5) is 10.5. The summed E-state index contributed by atoms with van der Waals surface area (Å²) in [6, 6.07) is 61.1. The monoisotopic (exact) mass is 680 g/mol. The van der Waals surface area contributed by atoms with Gasteiger partial charge in [-0.15, -0.1) is 0 Å². The summed E-state index contributed by atoms with van der Waals surface area (Å²) < 4.78 is 0. The topological polar surface area (TPSA) is 25.8 Å². The molecule has 0 bridgehead atoms. The van der Waals surface area contributed by atoms with Crippen molar-refractivity contribution in [2.75, 3.05) is 0 Å². The van der Waals surface area contributed by atoms with E-state index in [1.165, 1.54) is 31.9 Å². The molecule has 9 rings (SSSR count). The summed E-state index contributed by atoms with van der Waals surface area (Å²) in [5.41, 5.74) is 10.7. The van der Waals surface area contributed by atoms with Gasteiger partial charge in [0, 0.05) is 21.9 Å². The fourth-order valence-corrected chi connectivity index (χ4v) is 13.3. The van der Waals surface area contributed by atoms with Gasteiger partial charge in [-0.3, -0.25) is 0 Å². The Morgan fingerprint density at radius 1 is 0.500 bits per heavy atom. The molecule has 0 unspecified atom stereocenters. The highest BCUT2D eigenvalue weighted by atomic mass is 28.3. The SMILES string of the molecule is C=CC1=C(/C=C\C)c2cc(-c3ccccc3-c3ccc4ccc5ccc(-c6ccccc6)nc5c4n3)ccc2[Si]1(c1ccccc1)c1ccccc1. The van der Waals surface area contributed by atoms with Crippen LogP contribution in [0.5, 0.6) is 0 Å². The molecule has 0 saturated heterocycles. The van der Waals surface area contributed by atoms with Gasteiger partial charge in [-0.25, -0.2) is 9.97 Å². The Kier molecular flexibility index (Phi) is 7.91. The van der Waals surface area contributed by atoms with Gasteiger partial charge in [0.15, 0.2) is 8.07 Å². The quantitative estimate of drug-likeness (QED) is 0.124. The smallest absolute Gasteiger partial charge is 0.180 e. The average molecular weight is 681 g/mol. The van der Waals surface area contributed by atoms with Crippen molar-refractivity contribution in [1.82, 2.24) is 9.97 Å². The van der Waals surface area contributed by atoms with E-state index in [4.69, 9.17) is 9.97 Å².